The van der Waals surface area contributed by atoms with Crippen LogP contribution in [0.25, 0.3) is 6.08 Å². The van der Waals surface area contributed by atoms with Crippen molar-refractivity contribution in [1.29, 1.82) is 0 Å². The van der Waals surface area contributed by atoms with E-state index in [0.717, 1.165) is 11.1 Å². The average Bonchev–Trinajstić information content (AvgIpc) is 2.81. The molecule has 0 saturated heterocycles. The zero-order valence-corrected chi connectivity index (χ0v) is 19.0. The van der Waals surface area contributed by atoms with Crippen LogP contribution in [0.2, 0.25) is 0 Å². The van der Waals surface area contributed by atoms with Crippen LogP contribution >= 0.6 is 0 Å². The van der Waals surface area contributed by atoms with Crippen LogP contribution in [0.1, 0.15) is 30.5 Å². The van der Waals surface area contributed by atoms with Crippen LogP contribution < -0.4 is 10.2 Å². The first kappa shape index (κ1) is 23.9. The summed E-state index contributed by atoms with van der Waals surface area (Å²) < 4.78 is 13.7. The predicted octanol–water partition coefficient (Wildman–Crippen LogP) is 5.39. The molecule has 5 heteroatoms. The second-order valence-electron chi connectivity index (χ2n) is 8.34. The van der Waals surface area contributed by atoms with Gasteiger partial charge >= 0.3 is 0 Å². The lowest BCUT2D eigenvalue weighted by atomic mass is 10.1. The second kappa shape index (κ2) is 11.8. The summed E-state index contributed by atoms with van der Waals surface area (Å²) >= 11 is 0. The highest BCUT2D eigenvalue weighted by Crippen LogP contribution is 2.20. The van der Waals surface area contributed by atoms with Crippen molar-refractivity contribution >= 4 is 23.6 Å². The summed E-state index contributed by atoms with van der Waals surface area (Å²) in [5, 5.41) is 2.91. The van der Waals surface area contributed by atoms with E-state index in [-0.39, 0.29) is 30.6 Å². The van der Waals surface area contributed by atoms with E-state index in [1.165, 1.54) is 18.2 Å². The Morgan fingerprint density at radius 2 is 1.67 bits per heavy atom. The summed E-state index contributed by atoms with van der Waals surface area (Å²) in [5.41, 5.74) is 3.14. The van der Waals surface area contributed by atoms with Gasteiger partial charge in [0.25, 0.3) is 5.91 Å². The van der Waals surface area contributed by atoms with Crippen LogP contribution in [-0.2, 0) is 22.6 Å². The second-order valence-corrected chi connectivity index (χ2v) is 8.34. The minimum absolute atomic E-state index is 0.0325. The number of benzene rings is 3. The van der Waals surface area contributed by atoms with Gasteiger partial charge in [0.1, 0.15) is 5.82 Å². The molecule has 0 heterocycles. The molecule has 0 saturated carbocycles. The van der Waals surface area contributed by atoms with Crippen LogP contribution in [0, 0.1) is 11.7 Å². The van der Waals surface area contributed by atoms with Crippen molar-refractivity contribution < 1.29 is 14.0 Å². The summed E-state index contributed by atoms with van der Waals surface area (Å²) in [6.45, 7) is 4.96. The first-order chi connectivity index (χ1) is 15.9. The van der Waals surface area contributed by atoms with Crippen LogP contribution in [-0.4, -0.2) is 18.4 Å². The fraction of sp³-hybridized carbons (Fsp3) is 0.214. The van der Waals surface area contributed by atoms with E-state index in [9.17, 15) is 14.0 Å². The van der Waals surface area contributed by atoms with Gasteiger partial charge in [-0.15, -0.1) is 0 Å². The Bertz CT molecular complexity index is 1090. The number of carbonyl (C=O) groups excluding carboxylic acids is 2. The molecule has 2 amide bonds. The van der Waals surface area contributed by atoms with E-state index in [2.05, 4.69) is 5.32 Å². The predicted molar refractivity (Wildman–Crippen MR) is 131 cm³/mol. The molecule has 0 aliphatic rings. The van der Waals surface area contributed by atoms with Crippen LogP contribution in [0.3, 0.4) is 0 Å². The van der Waals surface area contributed by atoms with Crippen molar-refractivity contribution in [3.63, 3.8) is 0 Å². The van der Waals surface area contributed by atoms with Gasteiger partial charge in [-0.3, -0.25) is 9.59 Å². The van der Waals surface area contributed by atoms with Gasteiger partial charge < -0.3 is 10.2 Å². The van der Waals surface area contributed by atoms with Gasteiger partial charge in [0.15, 0.2) is 0 Å². The van der Waals surface area contributed by atoms with E-state index in [4.69, 9.17) is 0 Å². The molecule has 0 spiro atoms. The van der Waals surface area contributed by atoms with Crippen molar-refractivity contribution in [1.82, 2.24) is 5.32 Å². The fourth-order valence-corrected chi connectivity index (χ4v) is 3.30. The minimum Gasteiger partial charge on any atom is -0.356 e. The van der Waals surface area contributed by atoms with Crippen molar-refractivity contribution in [3.05, 3.63) is 107 Å². The quantitative estimate of drug-likeness (QED) is 0.450. The number of nitrogens with one attached hydrogen (secondary N) is 1. The Kier molecular flexibility index (Phi) is 8.53. The van der Waals surface area contributed by atoms with E-state index in [0.29, 0.717) is 23.7 Å². The highest BCUT2D eigenvalue weighted by atomic mass is 19.1. The molecule has 170 valence electrons. The molecule has 0 aliphatic carbocycles. The molecule has 3 rings (SSSR count). The SMILES string of the molecule is CC(C)CNC(=O)Cc1ccc(N(Cc2cccc(F)c2)C(=O)/C=C/c2ccccc2)cc1. The molecule has 1 N–H and O–H groups in total. The molecular weight excluding hydrogens is 415 g/mol. The lowest BCUT2D eigenvalue weighted by molar-refractivity contribution is -0.120. The third kappa shape index (κ3) is 7.72. The number of anilines is 1. The van der Waals surface area contributed by atoms with E-state index in [1.807, 2.05) is 68.4 Å². The average molecular weight is 445 g/mol. The Balaban J connectivity index is 1.78. The van der Waals surface area contributed by atoms with Crippen LogP contribution in [0.4, 0.5) is 10.1 Å². The van der Waals surface area contributed by atoms with Gasteiger partial charge in [0, 0.05) is 18.3 Å². The number of amides is 2. The van der Waals surface area contributed by atoms with Gasteiger partial charge in [0.05, 0.1) is 13.0 Å². The van der Waals surface area contributed by atoms with Crippen molar-refractivity contribution in [2.24, 2.45) is 5.92 Å². The number of rotatable bonds is 9. The Hall–Kier alpha value is -3.73. The zero-order valence-electron chi connectivity index (χ0n) is 19.0. The summed E-state index contributed by atoms with van der Waals surface area (Å²) in [4.78, 5) is 26.8. The highest BCUT2D eigenvalue weighted by Gasteiger charge is 2.15. The van der Waals surface area contributed by atoms with Gasteiger partial charge in [-0.2, -0.15) is 0 Å². The molecule has 0 radical (unpaired) electrons. The molecule has 3 aromatic carbocycles. The standard InChI is InChI=1S/C28H29FN2O2/c1-21(2)19-30-27(32)18-23-11-14-26(15-12-23)31(20-24-9-6-10-25(29)17-24)28(33)16-13-22-7-4-3-5-8-22/h3-17,21H,18-20H2,1-2H3,(H,30,32)/b16-13+. The Morgan fingerprint density at radius 3 is 2.33 bits per heavy atom. The van der Waals surface area contributed by atoms with Gasteiger partial charge in [-0.05, 0) is 52.9 Å². The maximum Gasteiger partial charge on any atom is 0.251 e. The number of halogens is 1. The Labute approximate surface area is 194 Å². The monoisotopic (exact) mass is 444 g/mol. The zero-order chi connectivity index (χ0) is 23.6. The molecule has 0 unspecified atom stereocenters. The number of hydrogen-bond donors (Lipinski definition) is 1. The summed E-state index contributed by atoms with van der Waals surface area (Å²) in [6, 6.07) is 23.1. The third-order valence-electron chi connectivity index (χ3n) is 5.03. The van der Waals surface area contributed by atoms with Crippen molar-refractivity contribution in [2.75, 3.05) is 11.4 Å². The highest BCUT2D eigenvalue weighted by molar-refractivity contribution is 6.03. The van der Waals surface area contributed by atoms with Crippen molar-refractivity contribution in [2.45, 2.75) is 26.8 Å². The number of nitrogens with zero attached hydrogens (tertiary/aromatic N) is 1. The topological polar surface area (TPSA) is 49.4 Å². The van der Waals surface area contributed by atoms with Crippen molar-refractivity contribution in [3.8, 4) is 0 Å². The molecule has 0 aliphatic heterocycles. The normalized spacial score (nSPS) is 11.0. The Morgan fingerprint density at radius 1 is 0.939 bits per heavy atom. The van der Waals surface area contributed by atoms with Gasteiger partial charge in [0.2, 0.25) is 5.91 Å². The van der Waals surface area contributed by atoms with Gasteiger partial charge in [-0.1, -0.05) is 68.4 Å². The lowest BCUT2D eigenvalue weighted by Gasteiger charge is -2.22. The van der Waals surface area contributed by atoms with E-state index < -0.39 is 0 Å². The third-order valence-corrected chi connectivity index (χ3v) is 5.03. The largest absolute Gasteiger partial charge is 0.356 e. The molecule has 0 atom stereocenters. The number of carbonyl (C=O) groups is 2. The molecule has 0 fully saturated rings. The minimum atomic E-state index is -0.345. The van der Waals surface area contributed by atoms with E-state index >= 15 is 0 Å². The van der Waals surface area contributed by atoms with E-state index in [1.54, 1.807) is 23.1 Å². The van der Waals surface area contributed by atoms with Gasteiger partial charge in [-0.25, -0.2) is 4.39 Å². The maximum atomic E-state index is 13.7. The molecule has 4 nitrogen and oxygen atoms in total. The maximum absolute atomic E-state index is 13.7. The lowest BCUT2D eigenvalue weighted by Crippen LogP contribution is -2.29. The summed E-state index contributed by atoms with van der Waals surface area (Å²) in [6.07, 6.45) is 3.55. The smallest absolute Gasteiger partial charge is 0.251 e. The molecule has 3 aromatic rings. The molecule has 33 heavy (non-hydrogen) atoms. The summed E-state index contributed by atoms with van der Waals surface area (Å²) in [5.74, 6) is -0.203. The first-order valence-electron chi connectivity index (χ1n) is 11.1. The first-order valence-corrected chi connectivity index (χ1v) is 11.1. The molecule has 0 bridgehead atoms. The summed E-state index contributed by atoms with van der Waals surface area (Å²) in [7, 11) is 0. The van der Waals surface area contributed by atoms with Crippen LogP contribution in [0.15, 0.2) is 84.9 Å². The molecular formula is C28H29FN2O2. The molecule has 0 aromatic heterocycles. The number of hydrogen-bond acceptors (Lipinski definition) is 2. The van der Waals surface area contributed by atoms with Crippen LogP contribution in [0.5, 0.6) is 0 Å². The fourth-order valence-electron chi connectivity index (χ4n) is 3.30.